The van der Waals surface area contributed by atoms with Gasteiger partial charge in [0.1, 0.15) is 6.04 Å². The second-order valence-electron chi connectivity index (χ2n) is 8.08. The molecule has 0 bridgehead atoms. The average molecular weight is 403 g/mol. The first-order valence-electron chi connectivity index (χ1n) is 10.0. The fraction of sp³-hybridized carbons (Fsp3) is 0.250. The van der Waals surface area contributed by atoms with Crippen molar-refractivity contribution in [2.75, 3.05) is 11.9 Å². The van der Waals surface area contributed by atoms with Gasteiger partial charge in [-0.2, -0.15) is 0 Å². The van der Waals surface area contributed by atoms with Gasteiger partial charge in [0.05, 0.1) is 5.54 Å². The number of likely N-dealkylation sites (tertiary alicyclic amines) is 1. The Kier molecular flexibility index (Phi) is 5.18. The number of nitrogens with zero attached hydrogens (tertiary/aromatic N) is 1. The van der Waals surface area contributed by atoms with E-state index < -0.39 is 11.4 Å². The van der Waals surface area contributed by atoms with Gasteiger partial charge >= 0.3 is 0 Å². The summed E-state index contributed by atoms with van der Waals surface area (Å²) in [6, 6.07) is 20.8. The standard InChI is InChI=1S/C24H25N3O3/c1-24(2,20-9-5-7-16-6-3-4-8-19(16)20)27-15-14-21(23(27)29)25-18-12-10-17(11-13-18)22(28)26-30/h3-13,21,25,30H,14-15H2,1-2H3,(H,26,28). The van der Waals surface area contributed by atoms with Crippen LogP contribution in [-0.4, -0.2) is 34.5 Å². The number of nitrogens with one attached hydrogen (secondary N) is 2. The minimum absolute atomic E-state index is 0.0603. The van der Waals surface area contributed by atoms with Crippen molar-refractivity contribution in [1.29, 1.82) is 0 Å². The molecule has 0 aromatic heterocycles. The monoisotopic (exact) mass is 403 g/mol. The smallest absolute Gasteiger partial charge is 0.274 e. The highest BCUT2D eigenvalue weighted by molar-refractivity contribution is 5.94. The van der Waals surface area contributed by atoms with E-state index in [1.54, 1.807) is 29.7 Å². The van der Waals surface area contributed by atoms with Crippen molar-refractivity contribution in [2.45, 2.75) is 31.8 Å². The third kappa shape index (κ3) is 3.50. The number of hydrogen-bond donors (Lipinski definition) is 3. The van der Waals surface area contributed by atoms with E-state index in [-0.39, 0.29) is 11.9 Å². The summed E-state index contributed by atoms with van der Waals surface area (Å²) in [6.07, 6.45) is 0.700. The number of rotatable bonds is 5. The van der Waals surface area contributed by atoms with E-state index >= 15 is 0 Å². The predicted octanol–water partition coefficient (Wildman–Crippen LogP) is 3.91. The zero-order chi connectivity index (χ0) is 21.3. The van der Waals surface area contributed by atoms with Crippen LogP contribution < -0.4 is 10.8 Å². The summed E-state index contributed by atoms with van der Waals surface area (Å²) in [5.41, 5.74) is 3.40. The van der Waals surface area contributed by atoms with Crippen LogP contribution >= 0.6 is 0 Å². The van der Waals surface area contributed by atoms with E-state index in [1.165, 1.54) is 0 Å². The van der Waals surface area contributed by atoms with Gasteiger partial charge in [-0.1, -0.05) is 42.5 Å². The number of amides is 2. The molecule has 1 heterocycles. The van der Waals surface area contributed by atoms with E-state index in [0.29, 0.717) is 18.5 Å². The summed E-state index contributed by atoms with van der Waals surface area (Å²) in [5.74, 6) is -0.508. The number of fused-ring (bicyclic) bond motifs is 1. The molecule has 3 aromatic rings. The van der Waals surface area contributed by atoms with Gasteiger partial charge in [0, 0.05) is 17.8 Å². The molecule has 6 heteroatoms. The molecule has 1 fully saturated rings. The molecule has 154 valence electrons. The van der Waals surface area contributed by atoms with E-state index in [4.69, 9.17) is 5.21 Å². The van der Waals surface area contributed by atoms with Crippen LogP contribution in [0.5, 0.6) is 0 Å². The molecule has 1 unspecified atom stereocenters. The Bertz CT molecular complexity index is 1090. The van der Waals surface area contributed by atoms with Crippen molar-refractivity contribution >= 4 is 28.3 Å². The molecule has 30 heavy (non-hydrogen) atoms. The normalized spacial score (nSPS) is 16.7. The van der Waals surface area contributed by atoms with Gasteiger partial charge in [-0.15, -0.1) is 0 Å². The van der Waals surface area contributed by atoms with Gasteiger partial charge < -0.3 is 10.2 Å². The molecule has 1 atom stereocenters. The molecule has 2 amide bonds. The lowest BCUT2D eigenvalue weighted by Gasteiger charge is -2.37. The summed E-state index contributed by atoms with van der Waals surface area (Å²) >= 11 is 0. The predicted molar refractivity (Wildman–Crippen MR) is 116 cm³/mol. The van der Waals surface area contributed by atoms with Crippen LogP contribution in [0, 0.1) is 0 Å². The topological polar surface area (TPSA) is 81.7 Å². The van der Waals surface area contributed by atoms with E-state index in [2.05, 4.69) is 43.4 Å². The molecule has 1 saturated heterocycles. The number of benzene rings is 3. The lowest BCUT2D eigenvalue weighted by atomic mass is 9.88. The van der Waals surface area contributed by atoms with Crippen molar-refractivity contribution in [2.24, 2.45) is 0 Å². The highest BCUT2D eigenvalue weighted by atomic mass is 16.5. The van der Waals surface area contributed by atoms with Crippen LogP contribution in [0.25, 0.3) is 10.8 Å². The van der Waals surface area contributed by atoms with Crippen molar-refractivity contribution in [3.05, 3.63) is 77.9 Å². The van der Waals surface area contributed by atoms with Crippen molar-refractivity contribution in [3.63, 3.8) is 0 Å². The molecule has 0 saturated carbocycles. The first-order chi connectivity index (χ1) is 14.4. The Morgan fingerprint density at radius 3 is 2.47 bits per heavy atom. The van der Waals surface area contributed by atoms with Crippen LogP contribution in [0.4, 0.5) is 5.69 Å². The average Bonchev–Trinajstić information content (AvgIpc) is 3.14. The SMILES string of the molecule is CC(C)(c1cccc2ccccc12)N1CCC(Nc2ccc(C(=O)NO)cc2)C1=O. The second kappa shape index (κ2) is 7.80. The molecule has 3 N–H and O–H groups in total. The molecule has 0 aliphatic carbocycles. The minimum atomic E-state index is -0.568. The van der Waals surface area contributed by atoms with Gasteiger partial charge in [0.2, 0.25) is 5.91 Å². The third-order valence-corrected chi connectivity index (χ3v) is 5.92. The van der Waals surface area contributed by atoms with Crippen LogP contribution in [0.15, 0.2) is 66.7 Å². The molecule has 0 radical (unpaired) electrons. The van der Waals surface area contributed by atoms with E-state index in [9.17, 15) is 9.59 Å². The van der Waals surface area contributed by atoms with Crippen LogP contribution in [0.3, 0.4) is 0 Å². The van der Waals surface area contributed by atoms with Crippen LogP contribution in [-0.2, 0) is 10.3 Å². The Hall–Kier alpha value is -3.38. The van der Waals surface area contributed by atoms with Crippen LogP contribution in [0.1, 0.15) is 36.2 Å². The molecule has 3 aromatic carbocycles. The minimum Gasteiger partial charge on any atom is -0.374 e. The molecular formula is C24H25N3O3. The maximum Gasteiger partial charge on any atom is 0.274 e. The summed E-state index contributed by atoms with van der Waals surface area (Å²) in [6.45, 7) is 4.85. The molecule has 1 aliphatic rings. The molecule has 0 spiro atoms. The second-order valence-corrected chi connectivity index (χ2v) is 8.08. The Labute approximate surface area is 175 Å². The number of anilines is 1. The van der Waals surface area contributed by atoms with E-state index in [0.717, 1.165) is 22.0 Å². The summed E-state index contributed by atoms with van der Waals surface area (Å²) < 4.78 is 0. The quantitative estimate of drug-likeness (QED) is 0.446. The zero-order valence-corrected chi connectivity index (χ0v) is 17.1. The Balaban J connectivity index is 1.54. The highest BCUT2D eigenvalue weighted by Gasteiger charge is 2.41. The van der Waals surface area contributed by atoms with Crippen molar-refractivity contribution in [1.82, 2.24) is 10.4 Å². The number of carbonyl (C=O) groups is 2. The van der Waals surface area contributed by atoms with Gasteiger partial charge in [-0.25, -0.2) is 5.48 Å². The Morgan fingerprint density at radius 1 is 1.03 bits per heavy atom. The van der Waals surface area contributed by atoms with Gasteiger partial charge in [0.25, 0.3) is 5.91 Å². The first-order valence-corrected chi connectivity index (χ1v) is 10.0. The lowest BCUT2D eigenvalue weighted by Crippen LogP contribution is -2.45. The van der Waals surface area contributed by atoms with Gasteiger partial charge in [0.15, 0.2) is 0 Å². The number of hydroxylamine groups is 1. The maximum absolute atomic E-state index is 13.3. The zero-order valence-electron chi connectivity index (χ0n) is 17.1. The number of hydrogen-bond acceptors (Lipinski definition) is 4. The van der Waals surface area contributed by atoms with Crippen molar-refractivity contribution in [3.8, 4) is 0 Å². The Morgan fingerprint density at radius 2 is 1.73 bits per heavy atom. The highest BCUT2D eigenvalue weighted by Crippen LogP contribution is 2.36. The summed E-state index contributed by atoms with van der Waals surface area (Å²) in [4.78, 5) is 26.7. The molecule has 1 aliphatic heterocycles. The van der Waals surface area contributed by atoms with Crippen molar-refractivity contribution < 1.29 is 14.8 Å². The summed E-state index contributed by atoms with van der Waals surface area (Å²) in [7, 11) is 0. The van der Waals surface area contributed by atoms with E-state index in [1.807, 2.05) is 23.1 Å². The fourth-order valence-electron chi connectivity index (χ4n) is 4.26. The molecular weight excluding hydrogens is 378 g/mol. The fourth-order valence-corrected chi connectivity index (χ4v) is 4.26. The maximum atomic E-state index is 13.3. The largest absolute Gasteiger partial charge is 0.374 e. The first kappa shape index (κ1) is 19.9. The van der Waals surface area contributed by atoms with Crippen LogP contribution in [0.2, 0.25) is 0 Å². The molecule has 4 rings (SSSR count). The van der Waals surface area contributed by atoms with Gasteiger partial charge in [-0.05, 0) is 60.9 Å². The van der Waals surface area contributed by atoms with Gasteiger partial charge in [-0.3, -0.25) is 14.8 Å². The summed E-state index contributed by atoms with van der Waals surface area (Å²) in [5, 5.41) is 14.3. The molecule has 6 nitrogen and oxygen atoms in total. The third-order valence-electron chi connectivity index (χ3n) is 5.92. The lowest BCUT2D eigenvalue weighted by molar-refractivity contribution is -0.133. The number of carbonyl (C=O) groups excluding carboxylic acids is 2.